The van der Waals surface area contributed by atoms with E-state index in [0.717, 1.165) is 21.3 Å². The number of methoxy groups -OCH3 is 3. The van der Waals surface area contributed by atoms with Crippen LogP contribution in [0.5, 0.6) is 5.75 Å². The number of carbonyl (C=O) groups is 4. The fourth-order valence-electron chi connectivity index (χ4n) is 2.07. The average molecular weight is 353 g/mol. The third kappa shape index (κ3) is 5.48. The van der Waals surface area contributed by atoms with Crippen molar-refractivity contribution in [2.45, 2.75) is 12.5 Å². The normalized spacial score (nSPS) is 12.4. The van der Waals surface area contributed by atoms with Crippen LogP contribution in [0.25, 0.3) is 0 Å². The highest BCUT2D eigenvalue weighted by Gasteiger charge is 2.38. The van der Waals surface area contributed by atoms with Gasteiger partial charge in [-0.25, -0.2) is 4.79 Å². The van der Waals surface area contributed by atoms with Crippen LogP contribution in [0.2, 0.25) is 0 Å². The van der Waals surface area contributed by atoms with Gasteiger partial charge in [-0.3, -0.25) is 14.4 Å². The summed E-state index contributed by atoms with van der Waals surface area (Å²) in [6.07, 6.45) is -0.497. The van der Waals surface area contributed by atoms with Gasteiger partial charge in [0.15, 0.2) is 0 Å². The minimum Gasteiger partial charge on any atom is -0.508 e. The van der Waals surface area contributed by atoms with Gasteiger partial charge < -0.3 is 24.6 Å². The van der Waals surface area contributed by atoms with Crippen LogP contribution in [0.4, 0.5) is 0 Å². The molecular weight excluding hydrogens is 334 g/mol. The number of aromatic hydroxyl groups is 1. The van der Waals surface area contributed by atoms with Gasteiger partial charge in [-0.05, 0) is 18.2 Å². The molecule has 0 aliphatic rings. The number of phenolic OH excluding ortho intramolecular Hbond substituents is 1. The summed E-state index contributed by atoms with van der Waals surface area (Å²) in [5.74, 6) is -4.83. The highest BCUT2D eigenvalue weighted by atomic mass is 16.5. The third-order valence-corrected chi connectivity index (χ3v) is 3.37. The molecule has 0 bridgehead atoms. The summed E-state index contributed by atoms with van der Waals surface area (Å²) in [4.78, 5) is 47.8. The first-order chi connectivity index (χ1) is 11.8. The SMILES string of the molecule is COC(=O)C[C@@H](C(=O)OC)[C@H](NC(=O)c1cccc(O)c1)C(=O)OC. The summed E-state index contributed by atoms with van der Waals surface area (Å²) in [7, 11) is 3.27. The molecule has 1 aromatic rings. The lowest BCUT2D eigenvalue weighted by molar-refractivity contribution is -0.158. The number of phenols is 1. The van der Waals surface area contributed by atoms with Crippen LogP contribution in [0.1, 0.15) is 16.8 Å². The molecule has 0 aromatic heterocycles. The first-order valence-electron chi connectivity index (χ1n) is 7.16. The molecule has 0 aliphatic carbocycles. The van der Waals surface area contributed by atoms with Crippen molar-refractivity contribution in [3.63, 3.8) is 0 Å². The van der Waals surface area contributed by atoms with Gasteiger partial charge in [0.05, 0.1) is 33.7 Å². The van der Waals surface area contributed by atoms with Crippen molar-refractivity contribution in [2.24, 2.45) is 5.92 Å². The van der Waals surface area contributed by atoms with Crippen molar-refractivity contribution in [1.29, 1.82) is 0 Å². The van der Waals surface area contributed by atoms with Gasteiger partial charge in [0.2, 0.25) is 0 Å². The van der Waals surface area contributed by atoms with E-state index in [1.807, 2.05) is 0 Å². The lowest BCUT2D eigenvalue weighted by Gasteiger charge is -2.23. The quantitative estimate of drug-likeness (QED) is 0.518. The second-order valence-corrected chi connectivity index (χ2v) is 4.93. The largest absolute Gasteiger partial charge is 0.508 e. The van der Waals surface area contributed by atoms with Gasteiger partial charge in [0.1, 0.15) is 11.8 Å². The van der Waals surface area contributed by atoms with Gasteiger partial charge in [-0.2, -0.15) is 0 Å². The maximum atomic E-state index is 12.3. The molecule has 0 saturated heterocycles. The number of carbonyl (C=O) groups excluding carboxylic acids is 4. The molecule has 2 N–H and O–H groups in total. The summed E-state index contributed by atoms with van der Waals surface area (Å²) in [6.45, 7) is 0. The molecule has 1 amide bonds. The molecule has 0 spiro atoms. The highest BCUT2D eigenvalue weighted by Crippen LogP contribution is 2.16. The Morgan fingerprint density at radius 3 is 2.20 bits per heavy atom. The number of amides is 1. The number of rotatable bonds is 7. The third-order valence-electron chi connectivity index (χ3n) is 3.37. The molecule has 2 atom stereocenters. The zero-order chi connectivity index (χ0) is 19.0. The van der Waals surface area contributed by atoms with Crippen LogP contribution in [0.3, 0.4) is 0 Å². The van der Waals surface area contributed by atoms with Crippen molar-refractivity contribution >= 4 is 23.8 Å². The standard InChI is InChI=1S/C16H19NO8/c1-23-12(19)8-11(15(21)24-2)13(16(22)25-3)17-14(20)9-5-4-6-10(18)7-9/h4-7,11,13,18H,8H2,1-3H3,(H,17,20)/t11-,13+/m1/s1. The maximum Gasteiger partial charge on any atom is 0.329 e. The fourth-order valence-corrected chi connectivity index (χ4v) is 2.07. The Hall–Kier alpha value is -3.10. The van der Waals surface area contributed by atoms with Crippen LogP contribution >= 0.6 is 0 Å². The van der Waals surface area contributed by atoms with E-state index in [0.29, 0.717) is 0 Å². The van der Waals surface area contributed by atoms with E-state index in [1.165, 1.54) is 24.3 Å². The Kier molecular flexibility index (Phi) is 7.39. The van der Waals surface area contributed by atoms with Gasteiger partial charge in [-0.15, -0.1) is 0 Å². The van der Waals surface area contributed by atoms with Gasteiger partial charge in [0, 0.05) is 5.56 Å². The topological polar surface area (TPSA) is 128 Å². The van der Waals surface area contributed by atoms with Crippen LogP contribution in [0.15, 0.2) is 24.3 Å². The van der Waals surface area contributed by atoms with Crippen molar-refractivity contribution in [3.05, 3.63) is 29.8 Å². The molecule has 9 heteroatoms. The highest BCUT2D eigenvalue weighted by molar-refractivity contribution is 5.98. The molecule has 0 saturated carbocycles. The second kappa shape index (κ2) is 9.26. The van der Waals surface area contributed by atoms with Crippen LogP contribution in [0, 0.1) is 5.92 Å². The van der Waals surface area contributed by atoms with Crippen molar-refractivity contribution in [1.82, 2.24) is 5.32 Å². The first-order valence-corrected chi connectivity index (χ1v) is 7.16. The number of esters is 3. The minimum atomic E-state index is -1.48. The Bertz CT molecular complexity index is 657. The number of benzene rings is 1. The summed E-state index contributed by atoms with van der Waals surface area (Å²) < 4.78 is 13.7. The Morgan fingerprint density at radius 2 is 1.68 bits per heavy atom. The monoisotopic (exact) mass is 353 g/mol. The molecule has 0 heterocycles. The smallest absolute Gasteiger partial charge is 0.329 e. The zero-order valence-corrected chi connectivity index (χ0v) is 14.0. The summed E-state index contributed by atoms with van der Waals surface area (Å²) in [5.41, 5.74) is 0.0515. The Morgan fingerprint density at radius 1 is 1.04 bits per heavy atom. The molecular formula is C16H19NO8. The molecule has 0 radical (unpaired) electrons. The van der Waals surface area contributed by atoms with Gasteiger partial charge in [-0.1, -0.05) is 6.07 Å². The van der Waals surface area contributed by atoms with E-state index >= 15 is 0 Å². The van der Waals surface area contributed by atoms with E-state index in [4.69, 9.17) is 0 Å². The van der Waals surface area contributed by atoms with E-state index in [-0.39, 0.29) is 11.3 Å². The zero-order valence-electron chi connectivity index (χ0n) is 14.0. The van der Waals surface area contributed by atoms with E-state index in [1.54, 1.807) is 0 Å². The second-order valence-electron chi connectivity index (χ2n) is 4.93. The predicted molar refractivity (Wildman–Crippen MR) is 83.5 cm³/mol. The number of nitrogens with one attached hydrogen (secondary N) is 1. The van der Waals surface area contributed by atoms with Crippen molar-refractivity contribution in [3.8, 4) is 5.75 Å². The summed E-state index contributed by atoms with van der Waals surface area (Å²) >= 11 is 0. The fraction of sp³-hybridized carbons (Fsp3) is 0.375. The molecule has 0 unspecified atom stereocenters. The van der Waals surface area contributed by atoms with Crippen molar-refractivity contribution in [2.75, 3.05) is 21.3 Å². The van der Waals surface area contributed by atoms with E-state index in [2.05, 4.69) is 19.5 Å². The van der Waals surface area contributed by atoms with Gasteiger partial charge in [0.25, 0.3) is 5.91 Å². The Balaban J connectivity index is 3.11. The number of hydrogen-bond acceptors (Lipinski definition) is 8. The van der Waals surface area contributed by atoms with Gasteiger partial charge >= 0.3 is 17.9 Å². The lowest BCUT2D eigenvalue weighted by Crippen LogP contribution is -2.50. The van der Waals surface area contributed by atoms with E-state index in [9.17, 15) is 24.3 Å². The van der Waals surface area contributed by atoms with Crippen LogP contribution in [-0.4, -0.2) is 56.3 Å². The molecule has 0 fully saturated rings. The molecule has 136 valence electrons. The predicted octanol–water partition coefficient (Wildman–Crippen LogP) is 0.0159. The number of ether oxygens (including phenoxy) is 3. The Labute approximate surface area is 143 Å². The molecule has 1 aromatic carbocycles. The first kappa shape index (κ1) is 19.9. The molecule has 9 nitrogen and oxygen atoms in total. The van der Waals surface area contributed by atoms with E-state index < -0.39 is 42.2 Å². The molecule has 25 heavy (non-hydrogen) atoms. The van der Waals surface area contributed by atoms with Crippen LogP contribution < -0.4 is 5.32 Å². The molecule has 0 aliphatic heterocycles. The maximum absolute atomic E-state index is 12.3. The number of hydrogen-bond donors (Lipinski definition) is 2. The minimum absolute atomic E-state index is 0.0515. The summed E-state index contributed by atoms with van der Waals surface area (Å²) in [6, 6.07) is 3.90. The van der Waals surface area contributed by atoms with Crippen molar-refractivity contribution < 1.29 is 38.5 Å². The summed E-state index contributed by atoms with van der Waals surface area (Å²) in [5, 5.41) is 11.8. The van der Waals surface area contributed by atoms with Crippen LogP contribution in [-0.2, 0) is 28.6 Å². The average Bonchev–Trinajstić information content (AvgIpc) is 2.62. The lowest BCUT2D eigenvalue weighted by atomic mass is 9.95. The molecule has 1 rings (SSSR count).